The highest BCUT2D eigenvalue weighted by Gasteiger charge is 2.42. The summed E-state index contributed by atoms with van der Waals surface area (Å²) >= 11 is 0. The van der Waals surface area contributed by atoms with Crippen molar-refractivity contribution in [1.29, 1.82) is 0 Å². The van der Waals surface area contributed by atoms with Crippen LogP contribution < -0.4 is 5.73 Å². The van der Waals surface area contributed by atoms with Crippen LogP contribution in [0.1, 0.15) is 22.5 Å². The van der Waals surface area contributed by atoms with Gasteiger partial charge < -0.3 is 15.7 Å². The smallest absolute Gasteiger partial charge is 0.269 e. The molecule has 0 aromatic carbocycles. The summed E-state index contributed by atoms with van der Waals surface area (Å²) in [5, 5.41) is 14.3. The lowest BCUT2D eigenvalue weighted by Crippen LogP contribution is -2.37. The third-order valence-electron chi connectivity index (χ3n) is 3.74. The van der Waals surface area contributed by atoms with Crippen LogP contribution in [-0.2, 0) is 4.79 Å². The van der Waals surface area contributed by atoms with Crippen LogP contribution in [0, 0.1) is 11.8 Å². The predicted octanol–water partition coefficient (Wildman–Crippen LogP) is -0.689. The van der Waals surface area contributed by atoms with Gasteiger partial charge in [0.15, 0.2) is 5.82 Å². The van der Waals surface area contributed by atoms with E-state index in [4.69, 9.17) is 5.73 Å². The monoisotopic (exact) mass is 325 g/mol. The highest BCUT2D eigenvalue weighted by molar-refractivity contribution is 5.91. The molecule has 8 heteroatoms. The van der Waals surface area contributed by atoms with Crippen molar-refractivity contribution in [1.82, 2.24) is 19.7 Å². The largest absolute Gasteiger partial charge is 0.369 e. The van der Waals surface area contributed by atoms with Crippen LogP contribution >= 0.6 is 0 Å². The van der Waals surface area contributed by atoms with Gasteiger partial charge in [-0.05, 0) is 18.2 Å². The summed E-state index contributed by atoms with van der Waals surface area (Å²) in [7, 11) is 1.63. The Kier molecular flexibility index (Phi) is 3.79. The van der Waals surface area contributed by atoms with E-state index >= 15 is 0 Å². The molecule has 122 valence electrons. The van der Waals surface area contributed by atoms with Gasteiger partial charge in [-0.2, -0.15) is 5.10 Å². The van der Waals surface area contributed by atoms with Crippen LogP contribution in [0.2, 0.25) is 0 Å². The lowest BCUT2D eigenvalue weighted by atomic mass is 10.0. The number of hydrogen-bond donors (Lipinski definition) is 2. The molecule has 0 aliphatic carbocycles. The number of amides is 2. The van der Waals surface area contributed by atoms with Gasteiger partial charge in [-0.1, -0.05) is 11.8 Å². The first kappa shape index (κ1) is 15.7. The molecule has 2 amide bonds. The summed E-state index contributed by atoms with van der Waals surface area (Å²) in [6.07, 6.45) is 3.36. The molecule has 0 bridgehead atoms. The standard InChI is InChI=1S/C16H15N5O3/c1-20-9-6-16(24,15(20)23)5-2-11-3-7-18-13(10-11)21-8-4-12(19-21)14(17)22/h3-4,7-8,10,24H,6,9H2,1H3,(H2,17,22). The molecule has 3 N–H and O–H groups in total. The van der Waals surface area contributed by atoms with E-state index in [0.717, 1.165) is 0 Å². The van der Waals surface area contributed by atoms with Gasteiger partial charge in [-0.25, -0.2) is 9.67 Å². The van der Waals surface area contributed by atoms with Gasteiger partial charge in [-0.15, -0.1) is 0 Å². The summed E-state index contributed by atoms with van der Waals surface area (Å²) in [6, 6.07) is 4.77. The Hall–Kier alpha value is -3.18. The third-order valence-corrected chi connectivity index (χ3v) is 3.74. The lowest BCUT2D eigenvalue weighted by Gasteiger charge is -2.13. The number of aliphatic hydroxyl groups is 1. The number of likely N-dealkylation sites (N-methyl/N-ethyl adjacent to an activating group) is 1. The molecule has 0 radical (unpaired) electrons. The Balaban J connectivity index is 1.88. The molecule has 2 aromatic rings. The maximum Gasteiger partial charge on any atom is 0.269 e. The molecule has 3 heterocycles. The van der Waals surface area contributed by atoms with Crippen LogP contribution in [0.25, 0.3) is 5.82 Å². The van der Waals surface area contributed by atoms with Crippen LogP contribution in [0.3, 0.4) is 0 Å². The third kappa shape index (κ3) is 2.85. The van der Waals surface area contributed by atoms with Crippen molar-refractivity contribution < 1.29 is 14.7 Å². The van der Waals surface area contributed by atoms with Crippen molar-refractivity contribution in [2.45, 2.75) is 12.0 Å². The molecule has 8 nitrogen and oxygen atoms in total. The Morgan fingerprint density at radius 3 is 2.88 bits per heavy atom. The van der Waals surface area contributed by atoms with Gasteiger partial charge in [0.05, 0.1) is 0 Å². The molecule has 0 spiro atoms. The first-order valence-electron chi connectivity index (χ1n) is 7.22. The molecule has 1 saturated heterocycles. The average Bonchev–Trinajstić information content (AvgIpc) is 3.16. The number of carbonyl (C=O) groups excluding carboxylic acids is 2. The number of primary amides is 1. The summed E-state index contributed by atoms with van der Waals surface area (Å²) in [5.74, 6) is 4.85. The normalized spacial score (nSPS) is 19.9. The first-order chi connectivity index (χ1) is 11.4. The van der Waals surface area contributed by atoms with E-state index in [1.165, 1.54) is 21.8 Å². The summed E-state index contributed by atoms with van der Waals surface area (Å²) in [5.41, 5.74) is 4.21. The van der Waals surface area contributed by atoms with Crippen molar-refractivity contribution in [2.24, 2.45) is 5.73 Å². The molecular formula is C16H15N5O3. The lowest BCUT2D eigenvalue weighted by molar-refractivity contribution is -0.137. The quantitative estimate of drug-likeness (QED) is 0.709. The van der Waals surface area contributed by atoms with Crippen LogP contribution in [0.5, 0.6) is 0 Å². The topological polar surface area (TPSA) is 114 Å². The first-order valence-corrected chi connectivity index (χ1v) is 7.22. The van der Waals surface area contributed by atoms with Gasteiger partial charge in [0.2, 0.25) is 5.60 Å². The van der Waals surface area contributed by atoms with Crippen LogP contribution in [0.4, 0.5) is 0 Å². The Morgan fingerprint density at radius 1 is 1.46 bits per heavy atom. The van der Waals surface area contributed by atoms with Crippen LogP contribution in [-0.4, -0.2) is 55.8 Å². The molecule has 1 unspecified atom stereocenters. The summed E-state index contributed by atoms with van der Waals surface area (Å²) in [6.45, 7) is 0.467. The van der Waals surface area contributed by atoms with Gasteiger partial charge >= 0.3 is 0 Å². The van der Waals surface area contributed by atoms with Crippen molar-refractivity contribution in [3.63, 3.8) is 0 Å². The van der Waals surface area contributed by atoms with E-state index in [1.54, 1.807) is 25.4 Å². The SMILES string of the molecule is CN1CCC(O)(C#Cc2ccnc(-n3ccc(C(N)=O)n3)c2)C1=O. The molecule has 1 fully saturated rings. The molecule has 1 atom stereocenters. The average molecular weight is 325 g/mol. The number of likely N-dealkylation sites (tertiary alicyclic amines) is 1. The second-order valence-electron chi connectivity index (χ2n) is 5.50. The molecule has 3 rings (SSSR count). The Bertz CT molecular complexity index is 879. The van der Waals surface area contributed by atoms with Gasteiger partial charge in [0.1, 0.15) is 5.69 Å². The number of pyridine rings is 1. The number of nitrogens with two attached hydrogens (primary N) is 1. The van der Waals surface area contributed by atoms with Gasteiger partial charge in [0.25, 0.3) is 11.8 Å². The molecule has 2 aromatic heterocycles. The van der Waals surface area contributed by atoms with Crippen molar-refractivity contribution in [2.75, 3.05) is 13.6 Å². The van der Waals surface area contributed by atoms with E-state index in [1.807, 2.05) is 0 Å². The molecule has 24 heavy (non-hydrogen) atoms. The van der Waals surface area contributed by atoms with Gasteiger partial charge in [-0.3, -0.25) is 9.59 Å². The van der Waals surface area contributed by atoms with Crippen molar-refractivity contribution >= 4 is 11.8 Å². The minimum Gasteiger partial charge on any atom is -0.369 e. The van der Waals surface area contributed by atoms with E-state index in [-0.39, 0.29) is 12.1 Å². The fourth-order valence-electron chi connectivity index (χ4n) is 2.35. The number of aromatic nitrogens is 3. The second kappa shape index (κ2) is 5.79. The zero-order valence-electron chi connectivity index (χ0n) is 12.9. The maximum atomic E-state index is 11.9. The molecule has 1 aliphatic heterocycles. The van der Waals surface area contributed by atoms with E-state index in [2.05, 4.69) is 21.9 Å². The zero-order valence-corrected chi connectivity index (χ0v) is 12.9. The zero-order chi connectivity index (χ0) is 17.3. The van der Waals surface area contributed by atoms with E-state index in [9.17, 15) is 14.7 Å². The Labute approximate surface area is 137 Å². The molecule has 1 aliphatic rings. The van der Waals surface area contributed by atoms with E-state index in [0.29, 0.717) is 17.9 Å². The second-order valence-corrected chi connectivity index (χ2v) is 5.50. The van der Waals surface area contributed by atoms with Crippen molar-refractivity contribution in [3.05, 3.63) is 41.9 Å². The molecular weight excluding hydrogens is 310 g/mol. The fourth-order valence-corrected chi connectivity index (χ4v) is 2.35. The number of carbonyl (C=O) groups is 2. The van der Waals surface area contributed by atoms with Crippen molar-refractivity contribution in [3.8, 4) is 17.7 Å². The fraction of sp³-hybridized carbons (Fsp3) is 0.250. The predicted molar refractivity (Wildman–Crippen MR) is 84.0 cm³/mol. The highest BCUT2D eigenvalue weighted by Crippen LogP contribution is 2.20. The van der Waals surface area contributed by atoms with E-state index < -0.39 is 17.4 Å². The summed E-state index contributed by atoms with van der Waals surface area (Å²) < 4.78 is 1.40. The minimum atomic E-state index is -1.65. The number of nitrogens with zero attached hydrogens (tertiary/aromatic N) is 4. The highest BCUT2D eigenvalue weighted by atomic mass is 16.3. The number of rotatable bonds is 2. The Morgan fingerprint density at radius 2 is 2.25 bits per heavy atom. The van der Waals surface area contributed by atoms with Crippen LogP contribution in [0.15, 0.2) is 30.6 Å². The summed E-state index contributed by atoms with van der Waals surface area (Å²) in [4.78, 5) is 28.6. The number of hydrogen-bond acceptors (Lipinski definition) is 5. The molecule has 0 saturated carbocycles. The maximum absolute atomic E-state index is 11.9. The minimum absolute atomic E-state index is 0.127. The van der Waals surface area contributed by atoms with Gasteiger partial charge in [0, 0.05) is 38.0 Å².